The molecule has 0 unspecified atom stereocenters. The fraction of sp³-hybridized carbons (Fsp3) is 0.133. The Hall–Kier alpha value is -2.20. The van der Waals surface area contributed by atoms with Gasteiger partial charge in [-0.05, 0) is 17.7 Å². The first kappa shape index (κ1) is 11.9. The zero-order valence-corrected chi connectivity index (χ0v) is 10.3. The minimum absolute atomic E-state index is 0.160. The van der Waals surface area contributed by atoms with Gasteiger partial charge in [0.25, 0.3) is 0 Å². The molecule has 0 bridgehead atoms. The molecule has 1 aromatic carbocycles. The van der Waals surface area contributed by atoms with Gasteiger partial charge < -0.3 is 5.11 Å². The number of imidazole rings is 1. The summed E-state index contributed by atoms with van der Waals surface area (Å²) in [6.07, 6.45) is 2.29. The number of halogens is 1. The normalized spacial score (nSPS) is 11.1. The summed E-state index contributed by atoms with van der Waals surface area (Å²) in [5.41, 5.74) is 2.69. The van der Waals surface area contributed by atoms with E-state index in [1.54, 1.807) is 16.7 Å². The van der Waals surface area contributed by atoms with Gasteiger partial charge in [0.05, 0.1) is 18.0 Å². The van der Waals surface area contributed by atoms with Crippen LogP contribution < -0.4 is 0 Å². The number of fused-ring (bicyclic) bond motifs is 1. The zero-order chi connectivity index (χ0) is 13.2. The molecule has 96 valence electrons. The highest BCUT2D eigenvalue weighted by molar-refractivity contribution is 5.45. The molecule has 0 aliphatic rings. The molecule has 0 saturated carbocycles. The molecule has 0 radical (unpaired) electrons. The molecule has 0 aliphatic heterocycles. The first-order valence-corrected chi connectivity index (χ1v) is 6.08. The molecule has 0 amide bonds. The number of pyridine rings is 1. The number of hydrogen-bond donors (Lipinski definition) is 1. The van der Waals surface area contributed by atoms with Crippen molar-refractivity contribution in [3.8, 4) is 0 Å². The van der Waals surface area contributed by atoms with Gasteiger partial charge in [-0.15, -0.1) is 0 Å². The van der Waals surface area contributed by atoms with Gasteiger partial charge in [-0.2, -0.15) is 0 Å². The van der Waals surface area contributed by atoms with Gasteiger partial charge in [0, 0.05) is 12.6 Å². The number of benzene rings is 1. The smallest absolute Gasteiger partial charge is 0.173 e. The van der Waals surface area contributed by atoms with Crippen molar-refractivity contribution in [3.63, 3.8) is 0 Å². The van der Waals surface area contributed by atoms with E-state index in [9.17, 15) is 9.50 Å². The van der Waals surface area contributed by atoms with Gasteiger partial charge in [-0.25, -0.2) is 9.37 Å². The van der Waals surface area contributed by atoms with E-state index in [4.69, 9.17) is 0 Å². The second kappa shape index (κ2) is 4.82. The minimum atomic E-state index is -0.378. The minimum Gasteiger partial charge on any atom is -0.390 e. The van der Waals surface area contributed by atoms with Crippen LogP contribution in [0.4, 0.5) is 4.39 Å². The maximum atomic E-state index is 13.7. The lowest BCUT2D eigenvalue weighted by Gasteiger charge is -2.01. The number of nitrogens with zero attached hydrogens (tertiary/aromatic N) is 2. The number of aromatic nitrogens is 2. The molecule has 0 atom stereocenters. The first-order valence-electron chi connectivity index (χ1n) is 6.08. The van der Waals surface area contributed by atoms with Crippen LogP contribution in [-0.2, 0) is 13.0 Å². The summed E-state index contributed by atoms with van der Waals surface area (Å²) in [6, 6.07) is 12.8. The molecular weight excluding hydrogens is 243 g/mol. The number of rotatable bonds is 3. The number of hydrogen-bond acceptors (Lipinski definition) is 2. The molecule has 0 aliphatic carbocycles. The Bertz CT molecular complexity index is 707. The second-order valence-electron chi connectivity index (χ2n) is 4.38. The molecule has 0 spiro atoms. The fourth-order valence-electron chi connectivity index (χ4n) is 2.23. The topological polar surface area (TPSA) is 37.5 Å². The molecule has 3 nitrogen and oxygen atoms in total. The Morgan fingerprint density at radius 1 is 1.11 bits per heavy atom. The largest absolute Gasteiger partial charge is 0.390 e. The Labute approximate surface area is 110 Å². The maximum Gasteiger partial charge on any atom is 0.173 e. The van der Waals surface area contributed by atoms with Crippen LogP contribution in [0.3, 0.4) is 0 Å². The third-order valence-corrected chi connectivity index (χ3v) is 3.15. The maximum absolute atomic E-state index is 13.7. The predicted molar refractivity (Wildman–Crippen MR) is 70.3 cm³/mol. The molecule has 0 fully saturated rings. The van der Waals surface area contributed by atoms with Gasteiger partial charge in [0.15, 0.2) is 11.5 Å². The molecule has 2 heterocycles. The van der Waals surface area contributed by atoms with Crippen molar-refractivity contribution in [1.29, 1.82) is 0 Å². The van der Waals surface area contributed by atoms with Gasteiger partial charge in [0.1, 0.15) is 0 Å². The van der Waals surface area contributed by atoms with Crippen molar-refractivity contribution in [1.82, 2.24) is 9.38 Å². The summed E-state index contributed by atoms with van der Waals surface area (Å²) in [6.45, 7) is -0.160. The summed E-state index contributed by atoms with van der Waals surface area (Å²) < 4.78 is 15.3. The average molecular weight is 256 g/mol. The molecule has 4 heteroatoms. The average Bonchev–Trinajstić information content (AvgIpc) is 2.79. The fourth-order valence-corrected chi connectivity index (χ4v) is 2.23. The highest BCUT2D eigenvalue weighted by Gasteiger charge is 2.14. The van der Waals surface area contributed by atoms with E-state index in [-0.39, 0.29) is 18.1 Å². The summed E-state index contributed by atoms with van der Waals surface area (Å²) in [4.78, 5) is 4.31. The monoisotopic (exact) mass is 256 g/mol. The third kappa shape index (κ3) is 2.11. The standard InChI is InChI=1S/C15H13FN2O/c16-12-7-4-8-18-14(10-19)13(17-15(12)18)9-11-5-2-1-3-6-11/h1-8,19H,9-10H2. The van der Waals surface area contributed by atoms with Gasteiger partial charge in [-0.3, -0.25) is 4.40 Å². The van der Waals surface area contributed by atoms with Crippen molar-refractivity contribution in [2.45, 2.75) is 13.0 Å². The third-order valence-electron chi connectivity index (χ3n) is 3.15. The van der Waals surface area contributed by atoms with E-state index in [0.29, 0.717) is 17.8 Å². The molecule has 2 aromatic heterocycles. The molecule has 3 aromatic rings. The van der Waals surface area contributed by atoms with E-state index in [1.165, 1.54) is 6.07 Å². The summed E-state index contributed by atoms with van der Waals surface area (Å²) >= 11 is 0. The van der Waals surface area contributed by atoms with Crippen LogP contribution in [-0.4, -0.2) is 14.5 Å². The van der Waals surface area contributed by atoms with Crippen molar-refractivity contribution in [2.24, 2.45) is 0 Å². The van der Waals surface area contributed by atoms with Crippen molar-refractivity contribution >= 4 is 5.65 Å². The van der Waals surface area contributed by atoms with Crippen LogP contribution >= 0.6 is 0 Å². The highest BCUT2D eigenvalue weighted by Crippen LogP contribution is 2.18. The van der Waals surface area contributed by atoms with Crippen LogP contribution in [0.25, 0.3) is 5.65 Å². The Morgan fingerprint density at radius 2 is 1.89 bits per heavy atom. The Morgan fingerprint density at radius 3 is 2.63 bits per heavy atom. The highest BCUT2D eigenvalue weighted by atomic mass is 19.1. The summed E-state index contributed by atoms with van der Waals surface area (Å²) in [5.74, 6) is -0.378. The van der Waals surface area contributed by atoms with Crippen LogP contribution in [0, 0.1) is 5.82 Å². The van der Waals surface area contributed by atoms with Gasteiger partial charge >= 0.3 is 0 Å². The van der Waals surface area contributed by atoms with E-state index < -0.39 is 0 Å². The lowest BCUT2D eigenvalue weighted by Crippen LogP contribution is -1.97. The summed E-state index contributed by atoms with van der Waals surface area (Å²) in [7, 11) is 0. The predicted octanol–water partition coefficient (Wildman–Crippen LogP) is 2.56. The second-order valence-corrected chi connectivity index (χ2v) is 4.38. The van der Waals surface area contributed by atoms with Gasteiger partial charge in [0.2, 0.25) is 0 Å². The molecule has 3 rings (SSSR count). The first-order chi connectivity index (χ1) is 9.29. The molecule has 19 heavy (non-hydrogen) atoms. The van der Waals surface area contributed by atoms with Crippen LogP contribution in [0.1, 0.15) is 17.0 Å². The lowest BCUT2D eigenvalue weighted by molar-refractivity contribution is 0.274. The Kier molecular flexibility index (Phi) is 3.01. The number of aliphatic hydroxyl groups excluding tert-OH is 1. The Balaban J connectivity index is 2.11. The summed E-state index contributed by atoms with van der Waals surface area (Å²) in [5, 5.41) is 9.49. The molecule has 1 N–H and O–H groups in total. The lowest BCUT2D eigenvalue weighted by atomic mass is 10.1. The van der Waals surface area contributed by atoms with E-state index in [2.05, 4.69) is 4.98 Å². The van der Waals surface area contributed by atoms with Crippen LogP contribution in [0.15, 0.2) is 48.7 Å². The SMILES string of the molecule is OCc1c(Cc2ccccc2)nc2c(F)cccn12. The van der Waals surface area contributed by atoms with Gasteiger partial charge in [-0.1, -0.05) is 30.3 Å². The zero-order valence-electron chi connectivity index (χ0n) is 10.3. The molecule has 0 saturated heterocycles. The molecular formula is C15H13FN2O. The van der Waals surface area contributed by atoms with Crippen LogP contribution in [0.5, 0.6) is 0 Å². The van der Waals surface area contributed by atoms with E-state index in [0.717, 1.165) is 5.56 Å². The number of aliphatic hydroxyl groups is 1. The van der Waals surface area contributed by atoms with Crippen LogP contribution in [0.2, 0.25) is 0 Å². The quantitative estimate of drug-likeness (QED) is 0.782. The van der Waals surface area contributed by atoms with Crippen molar-refractivity contribution in [3.05, 3.63) is 71.4 Å². The van der Waals surface area contributed by atoms with Crippen molar-refractivity contribution in [2.75, 3.05) is 0 Å². The van der Waals surface area contributed by atoms with E-state index in [1.807, 2.05) is 30.3 Å². The van der Waals surface area contributed by atoms with Crippen molar-refractivity contribution < 1.29 is 9.50 Å². The van der Waals surface area contributed by atoms with E-state index >= 15 is 0 Å².